The first-order valence-electron chi connectivity index (χ1n) is 7.88. The number of benzene rings is 2. The molecule has 0 saturated heterocycles. The van der Waals surface area contributed by atoms with Crippen LogP contribution in [-0.4, -0.2) is 0 Å². The summed E-state index contributed by atoms with van der Waals surface area (Å²) in [5, 5.41) is 0. The maximum Gasteiger partial charge on any atom is 0 e. The summed E-state index contributed by atoms with van der Waals surface area (Å²) in [6, 6.07) is 16.5. The molecule has 6 radical (unpaired) electrons. The van der Waals surface area contributed by atoms with Crippen LogP contribution in [0.3, 0.4) is 0 Å². The van der Waals surface area contributed by atoms with Gasteiger partial charge in [0.05, 0.1) is 0 Å². The molecule has 1 aliphatic rings. The second-order valence-corrected chi connectivity index (χ2v) is 5.44. The van der Waals surface area contributed by atoms with E-state index < -0.39 is 0 Å². The summed E-state index contributed by atoms with van der Waals surface area (Å²) in [6.45, 7) is 15.2. The van der Waals surface area contributed by atoms with Crippen LogP contribution in [0.2, 0.25) is 0 Å². The Morgan fingerprint density at radius 1 is 0.593 bits per heavy atom. The molecule has 27 heavy (non-hydrogen) atoms. The molecule has 2 nitrogen and oxygen atoms in total. The quantitative estimate of drug-likeness (QED) is 0.259. The van der Waals surface area contributed by atoms with Gasteiger partial charge in [-0.2, -0.15) is 0 Å². The summed E-state index contributed by atoms with van der Waals surface area (Å²) in [7, 11) is 0. The zero-order valence-corrected chi connectivity index (χ0v) is 16.8. The Morgan fingerprint density at radius 2 is 0.889 bits per heavy atom. The number of aryl methyl sites for hydroxylation is 2. The van der Waals surface area contributed by atoms with Crippen LogP contribution in [0.1, 0.15) is 29.2 Å². The zero-order valence-electron chi connectivity index (χ0n) is 15.6. The Balaban J connectivity index is 0. The van der Waals surface area contributed by atoms with Gasteiger partial charge in [-0.15, -0.1) is 0 Å². The van der Waals surface area contributed by atoms with Crippen LogP contribution in [0, 0.1) is 70.6 Å². The molecule has 2 aromatic rings. The van der Waals surface area contributed by atoms with Crippen molar-refractivity contribution in [3.8, 4) is 11.8 Å². The predicted octanol–water partition coefficient (Wildman–Crippen LogP) is 5.04. The van der Waals surface area contributed by atoms with Crippen molar-refractivity contribution in [3.05, 3.63) is 116 Å². The van der Waals surface area contributed by atoms with Crippen LogP contribution >= 0.6 is 0 Å². The minimum Gasteiger partial charge on any atom is 0 e. The van der Waals surface area contributed by atoms with Crippen LogP contribution in [0.5, 0.6) is 0 Å². The Hall–Kier alpha value is -2.00. The third kappa shape index (κ3) is 12.9. The van der Waals surface area contributed by atoms with Crippen molar-refractivity contribution >= 4 is 0 Å². The molecular formula is C24H21MnO2. The fourth-order valence-corrected chi connectivity index (χ4v) is 1.89. The second kappa shape index (κ2) is 17.4. The molecule has 1 saturated carbocycles. The summed E-state index contributed by atoms with van der Waals surface area (Å²) in [4.78, 5) is 0. The predicted molar refractivity (Wildman–Crippen MR) is 102 cm³/mol. The van der Waals surface area contributed by atoms with Crippen molar-refractivity contribution in [2.45, 2.75) is 20.8 Å². The van der Waals surface area contributed by atoms with E-state index in [0.29, 0.717) is 0 Å². The van der Waals surface area contributed by atoms with Gasteiger partial charge in [-0.25, -0.2) is 0 Å². The maximum atomic E-state index is 7.50. The fourth-order valence-electron chi connectivity index (χ4n) is 1.89. The zero-order chi connectivity index (χ0) is 19.8. The molecule has 0 aliphatic heterocycles. The Labute approximate surface area is 174 Å². The molecule has 1 aliphatic carbocycles. The Kier molecular flexibility index (Phi) is 17.6. The van der Waals surface area contributed by atoms with Gasteiger partial charge in [-0.3, -0.25) is 0 Å². The number of hydrogen-bond donors (Lipinski definition) is 0. The van der Waals surface area contributed by atoms with E-state index in [0.717, 1.165) is 11.1 Å². The molecular weight excluding hydrogens is 375 g/mol. The molecule has 0 unspecified atom stereocenters. The molecule has 0 aromatic heterocycles. The first-order valence-corrected chi connectivity index (χ1v) is 7.88. The van der Waals surface area contributed by atoms with E-state index in [9.17, 15) is 0 Å². The van der Waals surface area contributed by atoms with Crippen molar-refractivity contribution in [3.63, 3.8) is 0 Å². The molecule has 1 fully saturated rings. The maximum absolute atomic E-state index is 7.50. The van der Waals surface area contributed by atoms with E-state index in [2.05, 4.69) is 107 Å². The minimum atomic E-state index is 0. The van der Waals surface area contributed by atoms with Gasteiger partial charge < -0.3 is 0 Å². The third-order valence-electron chi connectivity index (χ3n) is 3.28. The van der Waals surface area contributed by atoms with Crippen molar-refractivity contribution in [1.82, 2.24) is 0 Å². The van der Waals surface area contributed by atoms with Gasteiger partial charge in [0, 0.05) is 28.2 Å². The molecule has 0 spiro atoms. The molecule has 0 amide bonds. The van der Waals surface area contributed by atoms with Crippen LogP contribution in [0.15, 0.2) is 48.5 Å². The van der Waals surface area contributed by atoms with Crippen molar-refractivity contribution in [2.24, 2.45) is 0 Å². The van der Waals surface area contributed by atoms with Gasteiger partial charge >= 0.3 is 22.6 Å². The van der Waals surface area contributed by atoms with E-state index in [1.54, 1.807) is 0 Å². The van der Waals surface area contributed by atoms with Crippen LogP contribution in [0.25, 0.3) is 0 Å². The van der Waals surface area contributed by atoms with Gasteiger partial charge in [0.1, 0.15) is 0 Å². The smallest absolute Gasteiger partial charge is 0 e. The average molecular weight is 396 g/mol. The van der Waals surface area contributed by atoms with E-state index in [1.165, 1.54) is 17.0 Å². The standard InChI is InChI=1S/C16H14.C6H7.2CO.Mn/c1-13-3-7-15(8-4-13)11-12-16-9-5-14(2)6-10-16;1-6-4-2-3-5-6;2*1-2;/h3-10H,1-2H3;2-5H,1H3;;;. The van der Waals surface area contributed by atoms with Gasteiger partial charge in [0.15, 0.2) is 0 Å². The molecule has 2 aromatic carbocycles. The normalized spacial score (nSPS) is 11.4. The largest absolute Gasteiger partial charge is 0 e. The molecule has 0 N–H and O–H groups in total. The molecule has 3 rings (SSSR count). The van der Waals surface area contributed by atoms with E-state index in [4.69, 9.17) is 9.30 Å². The summed E-state index contributed by atoms with van der Waals surface area (Å²) in [6.07, 6.45) is 8.24. The SMILES string of the molecule is C[C]1[CH][CH][CH][CH]1.Cc1ccc(C#Cc2ccc(C)cc2)cc1.[C-]#[O+].[C-]#[O+].[Mn]. The minimum absolute atomic E-state index is 0. The topological polar surface area (TPSA) is 39.8 Å². The van der Waals surface area contributed by atoms with Crippen molar-refractivity contribution < 1.29 is 26.4 Å². The summed E-state index contributed by atoms with van der Waals surface area (Å²) in [5.74, 6) is 7.66. The first kappa shape index (κ1) is 27.2. The van der Waals surface area contributed by atoms with Crippen LogP contribution in [0.4, 0.5) is 0 Å². The van der Waals surface area contributed by atoms with Crippen molar-refractivity contribution in [1.29, 1.82) is 0 Å². The molecule has 0 atom stereocenters. The van der Waals surface area contributed by atoms with E-state index in [-0.39, 0.29) is 17.1 Å². The fraction of sp³-hybridized carbons (Fsp3) is 0.125. The van der Waals surface area contributed by atoms with Gasteiger partial charge in [-0.05, 0) is 69.7 Å². The Morgan fingerprint density at radius 3 is 1.11 bits per heavy atom. The van der Waals surface area contributed by atoms with Gasteiger partial charge in [0.25, 0.3) is 0 Å². The number of hydrogen-bond acceptors (Lipinski definition) is 0. The molecule has 3 heteroatoms. The second-order valence-electron chi connectivity index (χ2n) is 5.44. The van der Waals surface area contributed by atoms with Crippen molar-refractivity contribution in [2.75, 3.05) is 0 Å². The molecule has 0 heterocycles. The van der Waals surface area contributed by atoms with Gasteiger partial charge in [0.2, 0.25) is 0 Å². The van der Waals surface area contributed by atoms with Gasteiger partial charge in [-0.1, -0.05) is 54.2 Å². The summed E-state index contributed by atoms with van der Waals surface area (Å²) < 4.78 is 15.0. The average Bonchev–Trinajstić information content (AvgIpc) is 3.17. The van der Waals surface area contributed by atoms with E-state index in [1.807, 2.05) is 12.8 Å². The Bertz CT molecular complexity index is 655. The van der Waals surface area contributed by atoms with Crippen LogP contribution in [-0.2, 0) is 26.4 Å². The monoisotopic (exact) mass is 396 g/mol. The van der Waals surface area contributed by atoms with E-state index >= 15 is 0 Å². The first-order chi connectivity index (χ1) is 12.6. The third-order valence-corrected chi connectivity index (χ3v) is 3.28. The number of rotatable bonds is 0. The summed E-state index contributed by atoms with van der Waals surface area (Å²) >= 11 is 0. The molecule has 0 bridgehead atoms. The van der Waals surface area contributed by atoms with Crippen LogP contribution < -0.4 is 0 Å². The molecule has 136 valence electrons. The summed E-state index contributed by atoms with van der Waals surface area (Å²) in [5.41, 5.74) is 4.65.